The van der Waals surface area contributed by atoms with Gasteiger partial charge in [0, 0.05) is 6.61 Å². The van der Waals surface area contributed by atoms with Crippen LogP contribution in [0.2, 0.25) is 0 Å². The molecule has 0 saturated carbocycles. The molecule has 27 heavy (non-hydrogen) atoms. The van der Waals surface area contributed by atoms with E-state index < -0.39 is 23.8 Å². The molecule has 1 unspecified atom stereocenters. The van der Waals surface area contributed by atoms with Gasteiger partial charge in [-0.05, 0) is 30.2 Å². The van der Waals surface area contributed by atoms with Crippen molar-refractivity contribution in [2.24, 2.45) is 5.92 Å². The molecule has 1 aliphatic heterocycles. The molecule has 1 N–H and O–H groups in total. The molecule has 7 nitrogen and oxygen atoms in total. The summed E-state index contributed by atoms with van der Waals surface area (Å²) < 4.78 is 11.0. The third kappa shape index (κ3) is 4.25. The minimum absolute atomic E-state index is 0.236. The van der Waals surface area contributed by atoms with Gasteiger partial charge in [0.05, 0.1) is 24.0 Å². The SMILES string of the molecule is CC(C)COCC(NC(=O)CN1C(=O)c2ccccc2C1=O)c1ccco1. The summed E-state index contributed by atoms with van der Waals surface area (Å²) in [5, 5.41) is 2.78. The molecule has 142 valence electrons. The maximum Gasteiger partial charge on any atom is 0.262 e. The molecule has 1 aromatic heterocycles. The second-order valence-electron chi connectivity index (χ2n) is 6.81. The summed E-state index contributed by atoms with van der Waals surface area (Å²) in [6, 6.07) is 9.51. The fourth-order valence-electron chi connectivity index (χ4n) is 2.87. The second-order valence-corrected chi connectivity index (χ2v) is 6.81. The molecular formula is C20H22N2O5. The number of benzene rings is 1. The van der Waals surface area contributed by atoms with Crippen LogP contribution < -0.4 is 5.32 Å². The molecule has 1 aliphatic rings. The van der Waals surface area contributed by atoms with Crippen LogP contribution >= 0.6 is 0 Å². The second kappa shape index (κ2) is 8.18. The average molecular weight is 370 g/mol. The number of nitrogens with one attached hydrogen (secondary N) is 1. The van der Waals surface area contributed by atoms with E-state index in [0.717, 1.165) is 4.90 Å². The first-order valence-electron chi connectivity index (χ1n) is 8.83. The lowest BCUT2D eigenvalue weighted by Gasteiger charge is -2.20. The third-order valence-corrected chi connectivity index (χ3v) is 4.14. The van der Waals surface area contributed by atoms with Crippen LogP contribution in [0.15, 0.2) is 47.1 Å². The Bertz CT molecular complexity index is 794. The Labute approximate surface area is 157 Å². The van der Waals surface area contributed by atoms with E-state index in [1.165, 1.54) is 6.26 Å². The van der Waals surface area contributed by atoms with Gasteiger partial charge in [-0.1, -0.05) is 26.0 Å². The van der Waals surface area contributed by atoms with Crippen molar-refractivity contribution < 1.29 is 23.5 Å². The summed E-state index contributed by atoms with van der Waals surface area (Å²) in [6.45, 7) is 4.49. The predicted octanol–water partition coefficient (Wildman–Crippen LogP) is 2.41. The monoisotopic (exact) mass is 370 g/mol. The van der Waals surface area contributed by atoms with Crippen LogP contribution in [0.5, 0.6) is 0 Å². The number of furan rings is 1. The first-order chi connectivity index (χ1) is 13.0. The highest BCUT2D eigenvalue weighted by atomic mass is 16.5. The Kier molecular flexibility index (Phi) is 5.71. The van der Waals surface area contributed by atoms with Crippen molar-refractivity contribution in [2.45, 2.75) is 19.9 Å². The fourth-order valence-corrected chi connectivity index (χ4v) is 2.87. The maximum absolute atomic E-state index is 12.5. The summed E-state index contributed by atoms with van der Waals surface area (Å²) in [6.07, 6.45) is 1.51. The standard InChI is InChI=1S/C20H22N2O5/c1-13(2)11-26-12-16(17-8-5-9-27-17)21-18(23)10-22-19(24)14-6-3-4-7-15(14)20(22)25/h3-9,13,16H,10-12H2,1-2H3,(H,21,23). The maximum atomic E-state index is 12.5. The molecule has 2 heterocycles. The van der Waals surface area contributed by atoms with Gasteiger partial charge in [-0.25, -0.2) is 0 Å². The van der Waals surface area contributed by atoms with E-state index in [9.17, 15) is 14.4 Å². The number of imide groups is 1. The topological polar surface area (TPSA) is 88.9 Å². The molecule has 0 fully saturated rings. The van der Waals surface area contributed by atoms with Crippen molar-refractivity contribution >= 4 is 17.7 Å². The van der Waals surface area contributed by atoms with E-state index in [4.69, 9.17) is 9.15 Å². The van der Waals surface area contributed by atoms with Gasteiger partial charge < -0.3 is 14.5 Å². The van der Waals surface area contributed by atoms with Crippen LogP contribution in [0.1, 0.15) is 46.4 Å². The summed E-state index contributed by atoms with van der Waals surface area (Å²) >= 11 is 0. The van der Waals surface area contributed by atoms with Crippen molar-refractivity contribution in [1.29, 1.82) is 0 Å². The summed E-state index contributed by atoms with van der Waals surface area (Å²) in [4.78, 5) is 38.2. The molecule has 7 heteroatoms. The zero-order valence-corrected chi connectivity index (χ0v) is 15.3. The van der Waals surface area contributed by atoms with Crippen molar-refractivity contribution in [3.8, 4) is 0 Å². The van der Waals surface area contributed by atoms with Gasteiger partial charge >= 0.3 is 0 Å². The van der Waals surface area contributed by atoms with Crippen molar-refractivity contribution in [1.82, 2.24) is 10.2 Å². The van der Waals surface area contributed by atoms with Gasteiger partial charge in [0.15, 0.2) is 0 Å². The summed E-state index contributed by atoms with van der Waals surface area (Å²) in [7, 11) is 0. The number of rotatable bonds is 8. The Balaban J connectivity index is 1.64. The highest BCUT2D eigenvalue weighted by Crippen LogP contribution is 2.22. The Morgan fingerprint density at radius 2 is 1.74 bits per heavy atom. The number of fused-ring (bicyclic) bond motifs is 1. The number of carbonyl (C=O) groups is 3. The molecule has 3 rings (SSSR count). The lowest BCUT2D eigenvalue weighted by atomic mass is 10.1. The van der Waals surface area contributed by atoms with Crippen LogP contribution in [0, 0.1) is 5.92 Å². The van der Waals surface area contributed by atoms with E-state index in [-0.39, 0.29) is 13.2 Å². The van der Waals surface area contributed by atoms with E-state index in [1.807, 2.05) is 13.8 Å². The zero-order valence-electron chi connectivity index (χ0n) is 15.3. The molecule has 0 spiro atoms. The molecular weight excluding hydrogens is 348 g/mol. The van der Waals surface area contributed by atoms with Gasteiger partial charge in [-0.15, -0.1) is 0 Å². The predicted molar refractivity (Wildman–Crippen MR) is 97.1 cm³/mol. The molecule has 0 aliphatic carbocycles. The largest absolute Gasteiger partial charge is 0.467 e. The molecule has 0 saturated heterocycles. The summed E-state index contributed by atoms with van der Waals surface area (Å²) in [5.74, 6) is -0.475. The van der Waals surface area contributed by atoms with Gasteiger partial charge in [0.2, 0.25) is 5.91 Å². The zero-order chi connectivity index (χ0) is 19.4. The Hall–Kier alpha value is -2.93. The van der Waals surface area contributed by atoms with Crippen LogP contribution in [0.3, 0.4) is 0 Å². The van der Waals surface area contributed by atoms with E-state index in [2.05, 4.69) is 5.32 Å². The number of amides is 3. The lowest BCUT2D eigenvalue weighted by molar-refractivity contribution is -0.122. The van der Waals surface area contributed by atoms with Gasteiger partial charge in [0.25, 0.3) is 11.8 Å². The minimum atomic E-state index is -0.499. The van der Waals surface area contributed by atoms with Gasteiger partial charge in [-0.2, -0.15) is 0 Å². The molecule has 1 aromatic carbocycles. The quantitative estimate of drug-likeness (QED) is 0.721. The Morgan fingerprint density at radius 1 is 1.07 bits per heavy atom. The Morgan fingerprint density at radius 3 is 2.30 bits per heavy atom. The lowest BCUT2D eigenvalue weighted by Crippen LogP contribution is -2.42. The summed E-state index contributed by atoms with van der Waals surface area (Å²) in [5.41, 5.74) is 0.635. The van der Waals surface area contributed by atoms with Crippen molar-refractivity contribution in [2.75, 3.05) is 19.8 Å². The highest BCUT2D eigenvalue weighted by Gasteiger charge is 2.36. The normalized spacial score (nSPS) is 14.6. The number of ether oxygens (including phenoxy) is 1. The molecule has 1 atom stereocenters. The van der Waals surface area contributed by atoms with Crippen molar-refractivity contribution in [3.05, 3.63) is 59.5 Å². The molecule has 0 radical (unpaired) electrons. The molecule has 3 amide bonds. The average Bonchev–Trinajstić information content (AvgIpc) is 3.25. The first kappa shape index (κ1) is 18.8. The molecule has 0 bridgehead atoms. The third-order valence-electron chi connectivity index (χ3n) is 4.14. The smallest absolute Gasteiger partial charge is 0.262 e. The first-order valence-corrected chi connectivity index (χ1v) is 8.83. The number of hydrogen-bond donors (Lipinski definition) is 1. The van der Waals surface area contributed by atoms with E-state index in [1.54, 1.807) is 36.4 Å². The van der Waals surface area contributed by atoms with Gasteiger partial charge in [0.1, 0.15) is 18.3 Å². The molecule has 2 aromatic rings. The van der Waals surface area contributed by atoms with Crippen LogP contribution in [0.25, 0.3) is 0 Å². The van der Waals surface area contributed by atoms with Gasteiger partial charge in [-0.3, -0.25) is 19.3 Å². The number of carbonyl (C=O) groups excluding carboxylic acids is 3. The van der Waals surface area contributed by atoms with Crippen LogP contribution in [-0.2, 0) is 9.53 Å². The fraction of sp³-hybridized carbons (Fsp3) is 0.350. The van der Waals surface area contributed by atoms with Crippen LogP contribution in [0.4, 0.5) is 0 Å². The number of hydrogen-bond acceptors (Lipinski definition) is 5. The number of nitrogens with zero attached hydrogens (tertiary/aromatic N) is 1. The highest BCUT2D eigenvalue weighted by molar-refractivity contribution is 6.22. The van der Waals surface area contributed by atoms with Crippen LogP contribution in [-0.4, -0.2) is 42.4 Å². The van der Waals surface area contributed by atoms with Crippen molar-refractivity contribution in [3.63, 3.8) is 0 Å². The van der Waals surface area contributed by atoms with E-state index in [0.29, 0.717) is 29.4 Å². The minimum Gasteiger partial charge on any atom is -0.467 e. The van der Waals surface area contributed by atoms with E-state index >= 15 is 0 Å².